The van der Waals surface area contributed by atoms with Gasteiger partial charge in [0.2, 0.25) is 5.91 Å². The number of hydrogen-bond donors (Lipinski definition) is 4. The fraction of sp³-hybridized carbons (Fsp3) is 0.938. The van der Waals surface area contributed by atoms with E-state index < -0.39 is 30.6 Å². The minimum atomic E-state index is -1.27. The summed E-state index contributed by atoms with van der Waals surface area (Å²) in [6.45, 7) is 3.51. The molecule has 0 spiro atoms. The van der Waals surface area contributed by atoms with E-state index in [0.29, 0.717) is 6.61 Å². The van der Waals surface area contributed by atoms with Crippen molar-refractivity contribution in [3.05, 3.63) is 0 Å². The van der Waals surface area contributed by atoms with Crippen LogP contribution < -0.4 is 5.32 Å². The van der Waals surface area contributed by atoms with Gasteiger partial charge < -0.3 is 30.1 Å². The molecule has 5 atom stereocenters. The molecule has 0 aromatic rings. The van der Waals surface area contributed by atoms with Crippen LogP contribution in [0.15, 0.2) is 0 Å². The molecule has 1 amide bonds. The molecule has 1 aliphatic rings. The number of aliphatic hydroxyl groups is 3. The molecule has 23 heavy (non-hydrogen) atoms. The maximum absolute atomic E-state index is 11.2. The van der Waals surface area contributed by atoms with E-state index in [2.05, 4.69) is 12.2 Å². The molecule has 1 fully saturated rings. The van der Waals surface area contributed by atoms with Gasteiger partial charge in [0, 0.05) is 13.5 Å². The normalized spacial score (nSPS) is 31.1. The Hall–Kier alpha value is -0.730. The molecule has 0 saturated carbocycles. The lowest BCUT2D eigenvalue weighted by atomic mass is 9.96. The Balaban J connectivity index is 2.38. The summed E-state index contributed by atoms with van der Waals surface area (Å²) in [6, 6.07) is -0.860. The molecule has 1 aliphatic heterocycles. The average Bonchev–Trinajstić information content (AvgIpc) is 2.52. The highest BCUT2D eigenvalue weighted by molar-refractivity contribution is 5.73. The molecule has 0 radical (unpaired) electrons. The summed E-state index contributed by atoms with van der Waals surface area (Å²) in [5.74, 6) is -0.366. The summed E-state index contributed by atoms with van der Waals surface area (Å²) in [7, 11) is 0. The van der Waals surface area contributed by atoms with Crippen LogP contribution in [-0.4, -0.2) is 65.1 Å². The average molecular weight is 333 g/mol. The Morgan fingerprint density at radius 1 is 1.13 bits per heavy atom. The van der Waals surface area contributed by atoms with Crippen LogP contribution in [0.1, 0.15) is 52.4 Å². The van der Waals surface area contributed by atoms with Gasteiger partial charge in [-0.2, -0.15) is 0 Å². The molecule has 0 aliphatic carbocycles. The van der Waals surface area contributed by atoms with Gasteiger partial charge in [0.1, 0.15) is 18.3 Å². The maximum atomic E-state index is 11.2. The second kappa shape index (κ2) is 10.9. The van der Waals surface area contributed by atoms with E-state index in [4.69, 9.17) is 9.47 Å². The number of unbranched alkanes of at least 4 members (excludes halogenated alkanes) is 5. The largest absolute Gasteiger partial charge is 0.394 e. The van der Waals surface area contributed by atoms with E-state index in [0.717, 1.165) is 19.3 Å². The molecule has 4 N–H and O–H groups in total. The van der Waals surface area contributed by atoms with Crippen molar-refractivity contribution in [2.75, 3.05) is 13.2 Å². The third-order valence-corrected chi connectivity index (χ3v) is 4.04. The lowest BCUT2D eigenvalue weighted by Crippen LogP contribution is -2.64. The molecule has 0 unspecified atom stereocenters. The zero-order chi connectivity index (χ0) is 17.2. The summed E-state index contributed by atoms with van der Waals surface area (Å²) in [5, 5.41) is 32.0. The van der Waals surface area contributed by atoms with Crippen molar-refractivity contribution >= 4 is 5.91 Å². The molecule has 1 saturated heterocycles. The molecule has 1 rings (SSSR count). The molecule has 136 valence electrons. The van der Waals surface area contributed by atoms with Crippen molar-refractivity contribution < 1.29 is 29.6 Å². The Labute approximate surface area is 138 Å². The predicted molar refractivity (Wildman–Crippen MR) is 84.7 cm³/mol. The van der Waals surface area contributed by atoms with Gasteiger partial charge in [0.15, 0.2) is 6.29 Å². The van der Waals surface area contributed by atoms with Crippen molar-refractivity contribution in [3.63, 3.8) is 0 Å². The Kier molecular flexibility index (Phi) is 9.66. The smallest absolute Gasteiger partial charge is 0.217 e. The van der Waals surface area contributed by atoms with Crippen molar-refractivity contribution in [1.82, 2.24) is 5.32 Å². The minimum absolute atomic E-state index is 0.366. The number of aliphatic hydroxyl groups excluding tert-OH is 3. The van der Waals surface area contributed by atoms with Crippen molar-refractivity contribution in [3.8, 4) is 0 Å². The van der Waals surface area contributed by atoms with Crippen LogP contribution in [0.5, 0.6) is 0 Å². The second-order valence-electron chi connectivity index (χ2n) is 6.07. The first kappa shape index (κ1) is 20.3. The summed E-state index contributed by atoms with van der Waals surface area (Å²) < 4.78 is 11.0. The summed E-state index contributed by atoms with van der Waals surface area (Å²) in [4.78, 5) is 11.2. The van der Waals surface area contributed by atoms with Gasteiger partial charge >= 0.3 is 0 Å². The number of carbonyl (C=O) groups is 1. The molecule has 0 aromatic heterocycles. The number of carbonyl (C=O) groups excluding carboxylic acids is 1. The Bertz CT molecular complexity index is 339. The number of hydrogen-bond acceptors (Lipinski definition) is 6. The first-order valence-corrected chi connectivity index (χ1v) is 8.52. The van der Waals surface area contributed by atoms with E-state index in [1.54, 1.807) is 0 Å². The summed E-state index contributed by atoms with van der Waals surface area (Å²) in [5.41, 5.74) is 0. The monoisotopic (exact) mass is 333 g/mol. The second-order valence-corrected chi connectivity index (χ2v) is 6.07. The van der Waals surface area contributed by atoms with E-state index >= 15 is 0 Å². The van der Waals surface area contributed by atoms with Crippen molar-refractivity contribution in [2.24, 2.45) is 0 Å². The highest BCUT2D eigenvalue weighted by atomic mass is 16.7. The predicted octanol–water partition coefficient (Wildman–Crippen LogP) is 0.307. The fourth-order valence-corrected chi connectivity index (χ4v) is 2.72. The lowest BCUT2D eigenvalue weighted by Gasteiger charge is -2.42. The van der Waals surface area contributed by atoms with Gasteiger partial charge in [-0.25, -0.2) is 0 Å². The Morgan fingerprint density at radius 3 is 2.39 bits per heavy atom. The zero-order valence-corrected chi connectivity index (χ0v) is 14.1. The van der Waals surface area contributed by atoms with Gasteiger partial charge in [-0.3, -0.25) is 4.79 Å². The SMILES string of the molecule is CCCCCCCCO[C@@H]1O[C@H](CO)[C@H](NC(C)=O)[C@H](O)[C@H]1O. The van der Waals surface area contributed by atoms with Crippen LogP contribution in [0.4, 0.5) is 0 Å². The van der Waals surface area contributed by atoms with Gasteiger partial charge in [-0.15, -0.1) is 0 Å². The quantitative estimate of drug-likeness (QED) is 0.429. The third-order valence-electron chi connectivity index (χ3n) is 4.04. The third kappa shape index (κ3) is 6.73. The number of amides is 1. The van der Waals surface area contributed by atoms with E-state index in [-0.39, 0.29) is 12.5 Å². The topological polar surface area (TPSA) is 108 Å². The molecule has 1 heterocycles. The molecular formula is C16H31NO6. The van der Waals surface area contributed by atoms with Crippen LogP contribution >= 0.6 is 0 Å². The fourth-order valence-electron chi connectivity index (χ4n) is 2.72. The van der Waals surface area contributed by atoms with Crippen LogP contribution in [0.25, 0.3) is 0 Å². The minimum Gasteiger partial charge on any atom is -0.394 e. The van der Waals surface area contributed by atoms with Gasteiger partial charge in [-0.1, -0.05) is 39.0 Å². The van der Waals surface area contributed by atoms with Crippen LogP contribution in [-0.2, 0) is 14.3 Å². The molecule has 7 heteroatoms. The van der Waals surface area contributed by atoms with E-state index in [1.807, 2.05) is 0 Å². The summed E-state index contributed by atoms with van der Waals surface area (Å²) >= 11 is 0. The first-order valence-electron chi connectivity index (χ1n) is 8.52. The molecule has 0 bridgehead atoms. The number of ether oxygens (including phenoxy) is 2. The molecular weight excluding hydrogens is 302 g/mol. The molecule has 7 nitrogen and oxygen atoms in total. The highest BCUT2D eigenvalue weighted by Crippen LogP contribution is 2.22. The Morgan fingerprint density at radius 2 is 1.78 bits per heavy atom. The van der Waals surface area contributed by atoms with Crippen LogP contribution in [0, 0.1) is 0 Å². The van der Waals surface area contributed by atoms with Crippen molar-refractivity contribution in [2.45, 2.75) is 83.0 Å². The number of rotatable bonds is 10. The first-order chi connectivity index (χ1) is 11.0. The standard InChI is InChI=1S/C16H31NO6/c1-3-4-5-6-7-8-9-22-16-15(21)14(20)13(17-11(2)19)12(10-18)23-16/h12-16,18,20-21H,3-10H2,1-2H3,(H,17,19)/t12-,13+,14+,15-,16-/m1/s1. The van der Waals surface area contributed by atoms with Crippen molar-refractivity contribution in [1.29, 1.82) is 0 Å². The van der Waals surface area contributed by atoms with Gasteiger partial charge in [-0.05, 0) is 6.42 Å². The maximum Gasteiger partial charge on any atom is 0.217 e. The van der Waals surface area contributed by atoms with Crippen LogP contribution in [0.3, 0.4) is 0 Å². The van der Waals surface area contributed by atoms with Gasteiger partial charge in [0.05, 0.1) is 12.6 Å². The number of nitrogens with one attached hydrogen (secondary N) is 1. The lowest BCUT2D eigenvalue weighted by molar-refractivity contribution is -0.279. The van der Waals surface area contributed by atoms with E-state index in [1.165, 1.54) is 26.2 Å². The summed E-state index contributed by atoms with van der Waals surface area (Å²) in [6.07, 6.45) is 2.37. The molecule has 0 aromatic carbocycles. The van der Waals surface area contributed by atoms with Crippen LogP contribution in [0.2, 0.25) is 0 Å². The zero-order valence-electron chi connectivity index (χ0n) is 14.1. The van der Waals surface area contributed by atoms with E-state index in [9.17, 15) is 20.1 Å². The van der Waals surface area contributed by atoms with Gasteiger partial charge in [0.25, 0.3) is 0 Å². The highest BCUT2D eigenvalue weighted by Gasteiger charge is 2.45.